The van der Waals surface area contributed by atoms with E-state index < -0.39 is 0 Å². The molecule has 0 fully saturated rings. The third kappa shape index (κ3) is 5.17. The smallest absolute Gasteiger partial charge is 0.147 e. The molecule has 3 heteroatoms. The van der Waals surface area contributed by atoms with E-state index in [1.54, 1.807) is 14.2 Å². The number of benzene rings is 1. The first-order valence-corrected chi connectivity index (χ1v) is 6.11. The molecule has 0 bridgehead atoms. The van der Waals surface area contributed by atoms with Crippen molar-refractivity contribution in [2.75, 3.05) is 27.6 Å². The van der Waals surface area contributed by atoms with Crippen LogP contribution in [0.1, 0.15) is 11.1 Å². The predicted molar refractivity (Wildman–Crippen MR) is 76.2 cm³/mol. The maximum absolute atomic E-state index is 5.36. The molecular weight excluding hydrogens is 240 g/mol. The summed E-state index contributed by atoms with van der Waals surface area (Å²) in [6.45, 7) is 4.43. The number of rotatable bonds is 7. The minimum atomic E-state index is 0.273. The lowest BCUT2D eigenvalue weighted by Gasteiger charge is -2.10. The Morgan fingerprint density at radius 3 is 2.79 bits per heavy atom. The van der Waals surface area contributed by atoms with E-state index in [0.717, 1.165) is 17.7 Å². The molecule has 1 aromatic rings. The van der Waals surface area contributed by atoms with Crippen molar-refractivity contribution < 1.29 is 14.2 Å². The molecule has 0 aliphatic carbocycles. The van der Waals surface area contributed by atoms with Crippen molar-refractivity contribution in [1.29, 1.82) is 0 Å². The van der Waals surface area contributed by atoms with Crippen LogP contribution in [-0.2, 0) is 22.3 Å². The van der Waals surface area contributed by atoms with Crippen molar-refractivity contribution in [2.24, 2.45) is 0 Å². The van der Waals surface area contributed by atoms with Gasteiger partial charge in [-0.05, 0) is 18.1 Å². The fourth-order valence-electron chi connectivity index (χ4n) is 1.73. The molecule has 102 valence electrons. The summed E-state index contributed by atoms with van der Waals surface area (Å²) in [7, 11) is 3.27. The zero-order valence-corrected chi connectivity index (χ0v) is 11.6. The summed E-state index contributed by atoms with van der Waals surface area (Å²) in [4.78, 5) is 0. The molecule has 0 saturated heterocycles. The molecule has 0 heterocycles. The van der Waals surface area contributed by atoms with E-state index in [9.17, 15) is 0 Å². The normalized spacial score (nSPS) is 9.58. The molecule has 1 aromatic carbocycles. The highest BCUT2D eigenvalue weighted by Gasteiger charge is 2.06. The van der Waals surface area contributed by atoms with Crippen LogP contribution in [0.2, 0.25) is 0 Å². The van der Waals surface area contributed by atoms with Gasteiger partial charge in [0.1, 0.15) is 19.1 Å². The van der Waals surface area contributed by atoms with Crippen molar-refractivity contribution in [1.82, 2.24) is 0 Å². The number of ether oxygens (including phenoxy) is 3. The molecule has 0 aliphatic rings. The zero-order chi connectivity index (χ0) is 13.9. The van der Waals surface area contributed by atoms with Crippen LogP contribution in [0, 0.1) is 11.8 Å². The summed E-state index contributed by atoms with van der Waals surface area (Å²) in [5.74, 6) is 6.93. The van der Waals surface area contributed by atoms with Crippen molar-refractivity contribution in [3.8, 4) is 17.6 Å². The van der Waals surface area contributed by atoms with Gasteiger partial charge in [-0.25, -0.2) is 0 Å². The van der Waals surface area contributed by atoms with Crippen LogP contribution in [0.15, 0.2) is 30.9 Å². The fourth-order valence-corrected chi connectivity index (χ4v) is 1.73. The second-order valence-electron chi connectivity index (χ2n) is 3.88. The van der Waals surface area contributed by atoms with Crippen LogP contribution in [0.4, 0.5) is 0 Å². The Balaban J connectivity index is 2.68. The Morgan fingerprint density at radius 2 is 2.11 bits per heavy atom. The molecule has 0 unspecified atom stereocenters. The van der Waals surface area contributed by atoms with Gasteiger partial charge in [0.25, 0.3) is 0 Å². The summed E-state index contributed by atoms with van der Waals surface area (Å²) in [6, 6.07) is 5.99. The van der Waals surface area contributed by atoms with E-state index in [1.807, 2.05) is 18.2 Å². The van der Waals surface area contributed by atoms with Crippen molar-refractivity contribution >= 4 is 0 Å². The van der Waals surface area contributed by atoms with Gasteiger partial charge in [-0.2, -0.15) is 0 Å². The van der Waals surface area contributed by atoms with E-state index in [2.05, 4.69) is 24.5 Å². The topological polar surface area (TPSA) is 27.7 Å². The Labute approximate surface area is 115 Å². The largest absolute Gasteiger partial charge is 0.496 e. The lowest BCUT2D eigenvalue weighted by molar-refractivity contribution is -0.0166. The van der Waals surface area contributed by atoms with Crippen molar-refractivity contribution in [2.45, 2.75) is 12.8 Å². The third-order valence-corrected chi connectivity index (χ3v) is 2.58. The summed E-state index contributed by atoms with van der Waals surface area (Å²) >= 11 is 0. The molecule has 0 saturated carbocycles. The first-order chi connectivity index (χ1) is 9.33. The van der Waals surface area contributed by atoms with Crippen LogP contribution in [0.25, 0.3) is 0 Å². The zero-order valence-electron chi connectivity index (χ0n) is 11.6. The van der Waals surface area contributed by atoms with Gasteiger partial charge in [0, 0.05) is 19.1 Å². The highest BCUT2D eigenvalue weighted by molar-refractivity contribution is 5.43. The van der Waals surface area contributed by atoms with Gasteiger partial charge in [-0.15, -0.1) is 6.58 Å². The van der Waals surface area contributed by atoms with E-state index in [-0.39, 0.29) is 6.79 Å². The second kappa shape index (κ2) is 9.21. The van der Waals surface area contributed by atoms with Gasteiger partial charge in [-0.3, -0.25) is 0 Å². The SMILES string of the molecule is C=CCc1c(CC#CCOCOC)cccc1OC. The van der Waals surface area contributed by atoms with E-state index in [4.69, 9.17) is 14.2 Å². The minimum absolute atomic E-state index is 0.273. The van der Waals surface area contributed by atoms with Crippen LogP contribution in [-0.4, -0.2) is 27.6 Å². The van der Waals surface area contributed by atoms with Crippen molar-refractivity contribution in [3.63, 3.8) is 0 Å². The van der Waals surface area contributed by atoms with Crippen LogP contribution < -0.4 is 4.74 Å². The van der Waals surface area contributed by atoms with Crippen molar-refractivity contribution in [3.05, 3.63) is 42.0 Å². The molecule has 0 aromatic heterocycles. The summed E-state index contributed by atoms with van der Waals surface area (Å²) in [6.07, 6.45) is 3.33. The first-order valence-electron chi connectivity index (χ1n) is 6.11. The number of methoxy groups -OCH3 is 2. The van der Waals surface area contributed by atoms with Gasteiger partial charge in [0.2, 0.25) is 0 Å². The number of allylic oxidation sites excluding steroid dienone is 1. The van der Waals surface area contributed by atoms with E-state index >= 15 is 0 Å². The van der Waals surface area contributed by atoms with E-state index in [0.29, 0.717) is 13.0 Å². The Bertz CT molecular complexity index is 455. The quantitative estimate of drug-likeness (QED) is 0.326. The molecule has 1 rings (SSSR count). The maximum atomic E-state index is 5.36. The second-order valence-corrected chi connectivity index (χ2v) is 3.88. The molecule has 3 nitrogen and oxygen atoms in total. The van der Waals surface area contributed by atoms with Gasteiger partial charge < -0.3 is 14.2 Å². The maximum Gasteiger partial charge on any atom is 0.147 e. The summed E-state index contributed by atoms with van der Waals surface area (Å²) in [5.41, 5.74) is 2.31. The summed E-state index contributed by atoms with van der Waals surface area (Å²) < 4.78 is 15.2. The van der Waals surface area contributed by atoms with Crippen LogP contribution in [0.5, 0.6) is 5.75 Å². The lowest BCUT2D eigenvalue weighted by Crippen LogP contribution is -1.98. The Kier molecular flexibility index (Phi) is 7.41. The molecule has 0 spiro atoms. The average molecular weight is 260 g/mol. The fraction of sp³-hybridized carbons (Fsp3) is 0.375. The van der Waals surface area contributed by atoms with Gasteiger partial charge in [-0.1, -0.05) is 30.0 Å². The van der Waals surface area contributed by atoms with E-state index in [1.165, 1.54) is 5.56 Å². The first kappa shape index (κ1) is 15.3. The molecule has 0 aliphatic heterocycles. The number of hydrogen-bond acceptors (Lipinski definition) is 3. The highest BCUT2D eigenvalue weighted by Crippen LogP contribution is 2.23. The Hall–Kier alpha value is -1.76. The Morgan fingerprint density at radius 1 is 1.26 bits per heavy atom. The standard InChI is InChI=1S/C16H20O3/c1-4-8-15-14(10-7-11-16(15)18-3)9-5-6-12-19-13-17-2/h4,7,10-11H,1,8-9,12-13H2,2-3H3. The summed E-state index contributed by atoms with van der Waals surface area (Å²) in [5, 5.41) is 0. The van der Waals surface area contributed by atoms with Crippen LogP contribution in [0.3, 0.4) is 0 Å². The highest BCUT2D eigenvalue weighted by atomic mass is 16.7. The number of hydrogen-bond donors (Lipinski definition) is 0. The predicted octanol–water partition coefficient (Wildman–Crippen LogP) is 2.59. The van der Waals surface area contributed by atoms with Gasteiger partial charge >= 0.3 is 0 Å². The van der Waals surface area contributed by atoms with Gasteiger partial charge in [0.05, 0.1) is 7.11 Å². The third-order valence-electron chi connectivity index (χ3n) is 2.58. The monoisotopic (exact) mass is 260 g/mol. The van der Waals surface area contributed by atoms with Gasteiger partial charge in [0.15, 0.2) is 0 Å². The molecule has 0 atom stereocenters. The molecule has 19 heavy (non-hydrogen) atoms. The van der Waals surface area contributed by atoms with Crippen LogP contribution >= 0.6 is 0 Å². The average Bonchev–Trinajstić information content (AvgIpc) is 2.44. The lowest BCUT2D eigenvalue weighted by atomic mass is 10.0. The molecular formula is C16H20O3. The molecule has 0 radical (unpaired) electrons. The minimum Gasteiger partial charge on any atom is -0.496 e. The molecule has 0 N–H and O–H groups in total. The molecule has 0 amide bonds.